The van der Waals surface area contributed by atoms with Gasteiger partial charge in [-0.25, -0.2) is 0 Å². The molecule has 2 aliphatic rings. The van der Waals surface area contributed by atoms with Crippen LogP contribution in [0.4, 0.5) is 0 Å². The molecule has 2 heterocycles. The number of rotatable bonds is 6. The van der Waals surface area contributed by atoms with E-state index in [0.29, 0.717) is 23.1 Å². The standard InChI is InChI=1S/C26H22ClN3O3/c1-31-19-10-6-17(7-11-19)25-21-15-30(14-16-4-8-18(27)9-5-16)22-13-24(33-3)23(32-2)12-20(22)26(21)29-28-25/h4-13,15H,14H2,1-3H3. The van der Waals surface area contributed by atoms with E-state index in [9.17, 15) is 0 Å². The van der Waals surface area contributed by atoms with Crippen LogP contribution in [-0.2, 0) is 6.54 Å². The topological polar surface area (TPSA) is 58.4 Å². The molecular formula is C26H22ClN3O3. The summed E-state index contributed by atoms with van der Waals surface area (Å²) in [4.78, 5) is 0. The highest BCUT2D eigenvalue weighted by atomic mass is 35.5. The van der Waals surface area contributed by atoms with Crippen molar-refractivity contribution in [3.8, 4) is 39.8 Å². The van der Waals surface area contributed by atoms with Gasteiger partial charge in [-0.3, -0.25) is 0 Å². The molecule has 3 aromatic carbocycles. The van der Waals surface area contributed by atoms with Gasteiger partial charge in [0.05, 0.1) is 26.8 Å². The molecule has 2 aliphatic heterocycles. The van der Waals surface area contributed by atoms with Gasteiger partial charge in [-0.15, -0.1) is 10.2 Å². The smallest absolute Gasteiger partial charge is 0.162 e. The molecule has 0 fully saturated rings. The number of methoxy groups -OCH3 is 3. The quantitative estimate of drug-likeness (QED) is 0.315. The summed E-state index contributed by atoms with van der Waals surface area (Å²) in [6.45, 7) is 0.645. The summed E-state index contributed by atoms with van der Waals surface area (Å²) in [5, 5.41) is 10.7. The molecule has 6 nitrogen and oxygen atoms in total. The maximum Gasteiger partial charge on any atom is 0.162 e. The Morgan fingerprint density at radius 1 is 0.788 bits per heavy atom. The molecule has 0 saturated carbocycles. The first kappa shape index (κ1) is 21.1. The minimum absolute atomic E-state index is 0.643. The Morgan fingerprint density at radius 3 is 2.12 bits per heavy atom. The number of nitrogens with zero attached hydrogens (tertiary/aromatic N) is 3. The molecule has 5 rings (SSSR count). The summed E-state index contributed by atoms with van der Waals surface area (Å²) in [5.74, 6) is 2.09. The van der Waals surface area contributed by atoms with Crippen molar-refractivity contribution in [3.63, 3.8) is 0 Å². The molecular weight excluding hydrogens is 438 g/mol. The molecule has 0 aromatic heterocycles. The largest absolute Gasteiger partial charge is 0.497 e. The van der Waals surface area contributed by atoms with Gasteiger partial charge in [0.15, 0.2) is 11.5 Å². The van der Waals surface area contributed by atoms with Crippen LogP contribution in [0.1, 0.15) is 5.56 Å². The SMILES string of the molecule is COc1ccc(-c2nnc3c4cc(OC)c(OC)cc4n(Cc4ccc(Cl)cc4)cc2-3)cc1. The fraction of sp³-hybridized carbons (Fsp3) is 0.154. The van der Waals surface area contributed by atoms with Crippen LogP contribution in [0.3, 0.4) is 0 Å². The van der Waals surface area contributed by atoms with Crippen molar-refractivity contribution in [2.45, 2.75) is 6.54 Å². The van der Waals surface area contributed by atoms with Crippen LogP contribution in [0.2, 0.25) is 5.02 Å². The van der Waals surface area contributed by atoms with Gasteiger partial charge in [-0.05, 0) is 48.0 Å². The van der Waals surface area contributed by atoms with Crippen molar-refractivity contribution in [2.24, 2.45) is 0 Å². The van der Waals surface area contributed by atoms with E-state index < -0.39 is 0 Å². The molecule has 0 saturated heterocycles. The Balaban J connectivity index is 1.74. The van der Waals surface area contributed by atoms with Gasteiger partial charge in [0, 0.05) is 40.3 Å². The molecule has 0 N–H and O–H groups in total. The summed E-state index contributed by atoms with van der Waals surface area (Å²) < 4.78 is 18.6. The molecule has 0 bridgehead atoms. The Hall–Kier alpha value is -3.77. The van der Waals surface area contributed by atoms with E-state index in [2.05, 4.69) is 21.0 Å². The molecule has 166 valence electrons. The van der Waals surface area contributed by atoms with E-state index in [1.54, 1.807) is 21.3 Å². The predicted molar refractivity (Wildman–Crippen MR) is 130 cm³/mol. The number of fused-ring (bicyclic) bond motifs is 3. The summed E-state index contributed by atoms with van der Waals surface area (Å²) in [5.41, 5.74) is 5.64. The summed E-state index contributed by atoms with van der Waals surface area (Å²) in [6.07, 6.45) is 2.09. The van der Waals surface area contributed by atoms with Gasteiger partial charge in [0.2, 0.25) is 0 Å². The molecule has 0 radical (unpaired) electrons. The van der Waals surface area contributed by atoms with Gasteiger partial charge >= 0.3 is 0 Å². The van der Waals surface area contributed by atoms with Crippen molar-refractivity contribution in [1.29, 1.82) is 0 Å². The Labute approximate surface area is 196 Å². The Kier molecular flexibility index (Phi) is 5.52. The van der Waals surface area contributed by atoms with Crippen LogP contribution in [0.5, 0.6) is 17.2 Å². The van der Waals surface area contributed by atoms with Crippen LogP contribution < -0.4 is 14.2 Å². The normalized spacial score (nSPS) is 11.2. The second kappa shape index (κ2) is 8.64. The molecule has 0 amide bonds. The van der Waals surface area contributed by atoms with Crippen molar-refractivity contribution in [1.82, 2.24) is 14.8 Å². The van der Waals surface area contributed by atoms with E-state index in [0.717, 1.165) is 44.7 Å². The third-order valence-electron chi connectivity index (χ3n) is 5.74. The van der Waals surface area contributed by atoms with Gasteiger partial charge in [0.25, 0.3) is 0 Å². The lowest BCUT2D eigenvalue weighted by Crippen LogP contribution is -2.05. The molecule has 0 unspecified atom stereocenters. The van der Waals surface area contributed by atoms with Gasteiger partial charge < -0.3 is 18.8 Å². The maximum atomic E-state index is 6.09. The third-order valence-corrected chi connectivity index (χ3v) is 5.99. The first-order chi connectivity index (χ1) is 16.1. The van der Waals surface area contributed by atoms with Crippen LogP contribution in [0.25, 0.3) is 33.4 Å². The summed E-state index contributed by atoms with van der Waals surface area (Å²) in [6, 6.07) is 19.6. The lowest BCUT2D eigenvalue weighted by molar-refractivity contribution is 0.355. The van der Waals surface area contributed by atoms with Crippen LogP contribution in [0.15, 0.2) is 66.9 Å². The van der Waals surface area contributed by atoms with E-state index in [1.165, 1.54) is 0 Å². The summed E-state index contributed by atoms with van der Waals surface area (Å²) >= 11 is 6.09. The van der Waals surface area contributed by atoms with Gasteiger partial charge in [-0.1, -0.05) is 23.7 Å². The monoisotopic (exact) mass is 459 g/mol. The highest BCUT2D eigenvalue weighted by Gasteiger charge is 2.22. The van der Waals surface area contributed by atoms with Crippen LogP contribution in [-0.4, -0.2) is 36.1 Å². The van der Waals surface area contributed by atoms with Crippen LogP contribution >= 0.6 is 11.6 Å². The Morgan fingerprint density at radius 2 is 1.45 bits per heavy atom. The van der Waals surface area contributed by atoms with E-state index >= 15 is 0 Å². The van der Waals surface area contributed by atoms with Crippen LogP contribution in [0, 0.1) is 0 Å². The zero-order chi connectivity index (χ0) is 22.9. The zero-order valence-electron chi connectivity index (χ0n) is 18.5. The third kappa shape index (κ3) is 3.83. The summed E-state index contributed by atoms with van der Waals surface area (Å²) in [7, 11) is 4.92. The average Bonchev–Trinajstić information content (AvgIpc) is 3.28. The zero-order valence-corrected chi connectivity index (χ0v) is 19.3. The highest BCUT2D eigenvalue weighted by molar-refractivity contribution is 6.30. The maximum absolute atomic E-state index is 6.09. The highest BCUT2D eigenvalue weighted by Crippen LogP contribution is 2.41. The molecule has 0 spiro atoms. The van der Waals surface area contributed by atoms with E-state index in [1.807, 2.05) is 60.7 Å². The fourth-order valence-corrected chi connectivity index (χ4v) is 4.17. The first-order valence-corrected chi connectivity index (χ1v) is 10.8. The van der Waals surface area contributed by atoms with Gasteiger partial charge in [0.1, 0.15) is 17.1 Å². The average molecular weight is 460 g/mol. The minimum atomic E-state index is 0.643. The number of aromatic nitrogens is 3. The first-order valence-electron chi connectivity index (χ1n) is 10.4. The second-order valence-electron chi connectivity index (χ2n) is 7.65. The fourth-order valence-electron chi connectivity index (χ4n) is 4.04. The number of hydrogen-bond acceptors (Lipinski definition) is 5. The van der Waals surface area contributed by atoms with Crippen molar-refractivity contribution >= 4 is 22.5 Å². The number of pyridine rings is 1. The van der Waals surface area contributed by atoms with Crippen molar-refractivity contribution < 1.29 is 14.2 Å². The molecule has 0 aliphatic carbocycles. The predicted octanol–water partition coefficient (Wildman–Crippen LogP) is 5.93. The number of benzene rings is 3. The molecule has 33 heavy (non-hydrogen) atoms. The van der Waals surface area contributed by atoms with E-state index in [-0.39, 0.29) is 0 Å². The molecule has 7 heteroatoms. The van der Waals surface area contributed by atoms with Crippen molar-refractivity contribution in [2.75, 3.05) is 21.3 Å². The Bertz CT molecular complexity index is 1400. The second-order valence-corrected chi connectivity index (χ2v) is 8.08. The minimum Gasteiger partial charge on any atom is -0.497 e. The molecule has 3 aromatic rings. The lowest BCUT2D eigenvalue weighted by Gasteiger charge is -2.18. The van der Waals surface area contributed by atoms with Gasteiger partial charge in [-0.2, -0.15) is 0 Å². The number of halogens is 1. The number of ether oxygens (including phenoxy) is 3. The number of hydrogen-bond donors (Lipinski definition) is 0. The lowest BCUT2D eigenvalue weighted by atomic mass is 10.0. The molecule has 0 atom stereocenters. The van der Waals surface area contributed by atoms with Crippen molar-refractivity contribution in [3.05, 3.63) is 77.4 Å². The van der Waals surface area contributed by atoms with E-state index in [4.69, 9.17) is 25.8 Å².